The fourth-order valence-electron chi connectivity index (χ4n) is 3.56. The van der Waals surface area contributed by atoms with Gasteiger partial charge in [0.05, 0.1) is 10.9 Å². The summed E-state index contributed by atoms with van der Waals surface area (Å²) in [5.74, 6) is -1.73. The van der Waals surface area contributed by atoms with E-state index in [1.54, 1.807) is 12.1 Å². The predicted molar refractivity (Wildman–Crippen MR) is 88.7 cm³/mol. The van der Waals surface area contributed by atoms with Gasteiger partial charge >= 0.3 is 5.97 Å². The van der Waals surface area contributed by atoms with Gasteiger partial charge in [0.2, 0.25) is 5.91 Å². The van der Waals surface area contributed by atoms with E-state index in [0.29, 0.717) is 45.4 Å². The van der Waals surface area contributed by atoms with Gasteiger partial charge in [0.15, 0.2) is 0 Å². The van der Waals surface area contributed by atoms with E-state index >= 15 is 0 Å². The largest absolute Gasteiger partial charge is 0.481 e. The second-order valence-electron chi connectivity index (χ2n) is 6.46. The molecule has 2 fully saturated rings. The highest BCUT2D eigenvalue weighted by molar-refractivity contribution is 6.31. The van der Waals surface area contributed by atoms with Crippen molar-refractivity contribution in [2.45, 2.75) is 19.3 Å². The van der Waals surface area contributed by atoms with Crippen molar-refractivity contribution in [2.75, 3.05) is 31.1 Å². The summed E-state index contributed by atoms with van der Waals surface area (Å²) in [5.41, 5.74) is 0.848. The molecule has 1 saturated carbocycles. The number of carbonyl (C=O) groups excluding carboxylic acids is 1. The molecular weight excluding hydrogens is 335 g/mol. The number of piperazine rings is 1. The highest BCUT2D eigenvalue weighted by Crippen LogP contribution is 2.33. The summed E-state index contributed by atoms with van der Waals surface area (Å²) in [4.78, 5) is 27.5. The minimum atomic E-state index is -0.802. The molecule has 1 aromatic carbocycles. The van der Waals surface area contributed by atoms with Gasteiger partial charge in [-0.05, 0) is 37.5 Å². The van der Waals surface area contributed by atoms with Gasteiger partial charge in [-0.3, -0.25) is 9.59 Å². The van der Waals surface area contributed by atoms with Crippen molar-refractivity contribution in [3.8, 4) is 0 Å². The summed E-state index contributed by atoms with van der Waals surface area (Å²) < 4.78 is 13.2. The molecule has 0 bridgehead atoms. The van der Waals surface area contributed by atoms with Gasteiger partial charge in [0.1, 0.15) is 5.82 Å². The molecule has 3 rings (SSSR count). The van der Waals surface area contributed by atoms with E-state index < -0.39 is 11.8 Å². The Balaban J connectivity index is 1.56. The zero-order chi connectivity index (χ0) is 17.3. The van der Waals surface area contributed by atoms with Crippen LogP contribution in [0.1, 0.15) is 19.3 Å². The minimum Gasteiger partial charge on any atom is -0.481 e. The van der Waals surface area contributed by atoms with E-state index in [1.807, 2.05) is 4.90 Å². The molecule has 130 valence electrons. The van der Waals surface area contributed by atoms with Crippen LogP contribution in [0.15, 0.2) is 18.2 Å². The van der Waals surface area contributed by atoms with Gasteiger partial charge in [0.25, 0.3) is 0 Å². The molecule has 0 aromatic heterocycles. The summed E-state index contributed by atoms with van der Waals surface area (Å²) >= 11 is 5.82. The SMILES string of the molecule is O=C(O)C1CCC(C(=O)N2CCN(c3ccc(F)c(Cl)c3)CC2)C1. The molecule has 1 amide bonds. The van der Waals surface area contributed by atoms with Crippen molar-refractivity contribution in [1.29, 1.82) is 0 Å². The number of hydrogen-bond donors (Lipinski definition) is 1. The van der Waals surface area contributed by atoms with E-state index in [1.165, 1.54) is 6.07 Å². The molecule has 1 heterocycles. The average Bonchev–Trinajstić information content (AvgIpc) is 3.07. The standard InChI is InChI=1S/C17H20ClFN2O3/c18-14-10-13(3-4-15(14)19)20-5-7-21(8-6-20)16(22)11-1-2-12(9-11)17(23)24/h3-4,10-12H,1-2,5-9H2,(H,23,24). The third kappa shape index (κ3) is 3.48. The Kier molecular flexibility index (Phi) is 4.94. The number of amides is 1. The third-order valence-electron chi connectivity index (χ3n) is 4.99. The summed E-state index contributed by atoms with van der Waals surface area (Å²) in [5, 5.41) is 9.15. The van der Waals surface area contributed by atoms with Crippen LogP contribution in [-0.4, -0.2) is 48.1 Å². The van der Waals surface area contributed by atoms with Crippen molar-refractivity contribution in [2.24, 2.45) is 11.8 Å². The maximum Gasteiger partial charge on any atom is 0.306 e. The molecule has 1 aliphatic carbocycles. The van der Waals surface area contributed by atoms with Gasteiger partial charge in [-0.25, -0.2) is 4.39 Å². The Morgan fingerprint density at radius 3 is 2.38 bits per heavy atom. The quantitative estimate of drug-likeness (QED) is 0.906. The molecule has 0 spiro atoms. The van der Waals surface area contributed by atoms with Gasteiger partial charge in [-0.15, -0.1) is 0 Å². The lowest BCUT2D eigenvalue weighted by Gasteiger charge is -2.37. The topological polar surface area (TPSA) is 60.9 Å². The van der Waals surface area contributed by atoms with Crippen LogP contribution < -0.4 is 4.90 Å². The molecule has 5 nitrogen and oxygen atoms in total. The molecule has 24 heavy (non-hydrogen) atoms. The molecule has 1 aromatic rings. The fourth-order valence-corrected chi connectivity index (χ4v) is 3.73. The molecule has 2 unspecified atom stereocenters. The van der Waals surface area contributed by atoms with E-state index in [2.05, 4.69) is 4.90 Å². The van der Waals surface area contributed by atoms with E-state index in [-0.39, 0.29) is 22.8 Å². The second kappa shape index (κ2) is 6.97. The highest BCUT2D eigenvalue weighted by Gasteiger charge is 2.36. The van der Waals surface area contributed by atoms with Gasteiger partial charge in [-0.1, -0.05) is 11.6 Å². The Labute approximate surface area is 145 Å². The first-order valence-electron chi connectivity index (χ1n) is 8.17. The number of carbonyl (C=O) groups is 2. The molecule has 7 heteroatoms. The lowest BCUT2D eigenvalue weighted by molar-refractivity contribution is -0.141. The van der Waals surface area contributed by atoms with Crippen molar-refractivity contribution < 1.29 is 19.1 Å². The first-order valence-corrected chi connectivity index (χ1v) is 8.55. The van der Waals surface area contributed by atoms with E-state index in [9.17, 15) is 14.0 Å². The number of carboxylic acids is 1. The maximum atomic E-state index is 13.2. The number of aliphatic carboxylic acids is 1. The Hall–Kier alpha value is -1.82. The van der Waals surface area contributed by atoms with Gasteiger partial charge in [0, 0.05) is 37.8 Å². The van der Waals surface area contributed by atoms with Crippen LogP contribution in [0, 0.1) is 17.7 Å². The smallest absolute Gasteiger partial charge is 0.306 e. The van der Waals surface area contributed by atoms with Crippen molar-refractivity contribution in [3.05, 3.63) is 29.0 Å². The lowest BCUT2D eigenvalue weighted by atomic mass is 10.0. The van der Waals surface area contributed by atoms with E-state index in [0.717, 1.165) is 5.69 Å². The Morgan fingerprint density at radius 2 is 1.79 bits per heavy atom. The predicted octanol–water partition coefficient (Wildman–Crippen LogP) is 2.63. The molecule has 2 aliphatic rings. The van der Waals surface area contributed by atoms with Crippen LogP contribution in [0.25, 0.3) is 0 Å². The monoisotopic (exact) mass is 354 g/mol. The maximum absolute atomic E-state index is 13.2. The van der Waals surface area contributed by atoms with Crippen molar-refractivity contribution in [3.63, 3.8) is 0 Å². The molecule has 1 aliphatic heterocycles. The number of anilines is 1. The number of benzene rings is 1. The molecule has 1 N–H and O–H groups in total. The van der Waals surface area contributed by atoms with Crippen LogP contribution in [0.2, 0.25) is 5.02 Å². The van der Waals surface area contributed by atoms with Gasteiger partial charge in [-0.2, -0.15) is 0 Å². The van der Waals surface area contributed by atoms with E-state index in [4.69, 9.17) is 16.7 Å². The van der Waals surface area contributed by atoms with Crippen LogP contribution in [0.3, 0.4) is 0 Å². The average molecular weight is 355 g/mol. The number of nitrogens with zero attached hydrogens (tertiary/aromatic N) is 2. The first kappa shape index (κ1) is 17.0. The third-order valence-corrected chi connectivity index (χ3v) is 5.28. The van der Waals surface area contributed by atoms with Crippen LogP contribution in [0.5, 0.6) is 0 Å². The van der Waals surface area contributed by atoms with Crippen LogP contribution in [0.4, 0.5) is 10.1 Å². The normalized spacial score (nSPS) is 24.2. The van der Waals surface area contributed by atoms with Crippen LogP contribution in [-0.2, 0) is 9.59 Å². The number of carboxylic acid groups (broad SMARTS) is 1. The highest BCUT2D eigenvalue weighted by atomic mass is 35.5. The summed E-state index contributed by atoms with van der Waals surface area (Å²) in [6.07, 6.45) is 1.69. The number of halogens is 2. The van der Waals surface area contributed by atoms with Crippen LogP contribution >= 0.6 is 11.6 Å². The lowest BCUT2D eigenvalue weighted by Crippen LogP contribution is -2.50. The second-order valence-corrected chi connectivity index (χ2v) is 6.86. The summed E-state index contributed by atoms with van der Waals surface area (Å²) in [7, 11) is 0. The molecule has 2 atom stereocenters. The number of hydrogen-bond acceptors (Lipinski definition) is 3. The van der Waals surface area contributed by atoms with Crippen molar-refractivity contribution in [1.82, 2.24) is 4.90 Å². The van der Waals surface area contributed by atoms with Crippen molar-refractivity contribution >= 4 is 29.2 Å². The number of rotatable bonds is 3. The Bertz CT molecular complexity index is 647. The Morgan fingerprint density at radius 1 is 1.12 bits per heavy atom. The molecule has 1 saturated heterocycles. The summed E-state index contributed by atoms with van der Waals surface area (Å²) in [6.45, 7) is 2.48. The zero-order valence-corrected chi connectivity index (χ0v) is 14.0. The molecule has 0 radical (unpaired) electrons. The minimum absolute atomic E-state index is 0.0653. The fraction of sp³-hybridized carbons (Fsp3) is 0.529. The first-order chi connectivity index (χ1) is 11.5. The summed E-state index contributed by atoms with van der Waals surface area (Å²) in [6, 6.07) is 4.63. The molecular formula is C17H20ClFN2O3. The van der Waals surface area contributed by atoms with Gasteiger partial charge < -0.3 is 14.9 Å². The zero-order valence-electron chi connectivity index (χ0n) is 13.3.